The van der Waals surface area contributed by atoms with Gasteiger partial charge in [0.2, 0.25) is 0 Å². The number of ether oxygens (including phenoxy) is 12. The van der Waals surface area contributed by atoms with Crippen LogP contribution in [-0.2, 0) is 95.2 Å². The van der Waals surface area contributed by atoms with Crippen molar-refractivity contribution in [2.24, 2.45) is 5.41 Å². The molecule has 0 spiro atoms. The molecular formula is C73H136N12O24. The molecule has 0 amide bonds. The molecule has 4 unspecified atom stereocenters. The maximum Gasteiger partial charge on any atom is 0.306 e. The minimum atomic E-state index is -1.08. The number of aliphatic hydroxyl groups is 4. The molecule has 4 aliphatic heterocycles. The maximum absolute atomic E-state index is 12.0. The van der Waals surface area contributed by atoms with Gasteiger partial charge in [-0.05, 0) is 0 Å². The van der Waals surface area contributed by atoms with Gasteiger partial charge in [-0.1, -0.05) is 0 Å². The summed E-state index contributed by atoms with van der Waals surface area (Å²) in [5, 5.41) is 46.5. The summed E-state index contributed by atoms with van der Waals surface area (Å²) in [7, 11) is 10.8. The van der Waals surface area contributed by atoms with Crippen molar-refractivity contribution in [2.45, 2.75) is 75.8 Å². The fourth-order valence-corrected chi connectivity index (χ4v) is 13.4. The highest BCUT2D eigenvalue weighted by molar-refractivity contribution is 5.72. The average molecular weight is 1570 g/mol. The van der Waals surface area contributed by atoms with Crippen LogP contribution in [0.2, 0.25) is 0 Å². The van der Waals surface area contributed by atoms with E-state index in [9.17, 15) is 58.8 Å². The Morgan fingerprint density at radius 1 is 0.257 bits per heavy atom. The number of carbonyl (C=O) groups excluding carboxylic acids is 8. The normalized spacial score (nSPS) is 18.1. The average Bonchev–Trinajstić information content (AvgIpc) is 0.860. The number of piperazine rings is 4. The van der Waals surface area contributed by atoms with E-state index in [1.165, 1.54) is 56.9 Å². The fraction of sp³-hybridized carbons (Fsp3) is 0.890. The number of aliphatic hydroxyl groups excluding tert-OH is 4. The smallest absolute Gasteiger partial charge is 0.306 e. The number of nitrogens with zero attached hydrogens (tertiary/aromatic N) is 12. The molecule has 0 bridgehead atoms. The number of rotatable bonds is 60. The summed E-state index contributed by atoms with van der Waals surface area (Å²) in [6.45, 7) is 21.3. The Kier molecular flexibility index (Phi) is 50.4. The van der Waals surface area contributed by atoms with Gasteiger partial charge in [0.25, 0.3) is 0 Å². The predicted octanol–water partition coefficient (Wildman–Crippen LogP) is -4.33. The molecule has 4 rings (SSSR count). The van der Waals surface area contributed by atoms with Crippen molar-refractivity contribution >= 4 is 47.8 Å². The van der Waals surface area contributed by atoms with Gasteiger partial charge in [-0.25, -0.2) is 0 Å². The summed E-state index contributed by atoms with van der Waals surface area (Å²) in [4.78, 5) is 122. The van der Waals surface area contributed by atoms with Crippen LogP contribution in [0.5, 0.6) is 0 Å². The molecule has 36 nitrogen and oxygen atoms in total. The summed E-state index contributed by atoms with van der Waals surface area (Å²) in [5.74, 6) is -2.61. The van der Waals surface area contributed by atoms with Crippen LogP contribution >= 0.6 is 0 Å². The first-order chi connectivity index (χ1) is 52.5. The second-order valence-electron chi connectivity index (χ2n) is 28.7. The van der Waals surface area contributed by atoms with E-state index in [1.54, 1.807) is 0 Å². The van der Waals surface area contributed by atoms with Crippen molar-refractivity contribution in [3.8, 4) is 0 Å². The quantitative estimate of drug-likeness (QED) is 0.0330. The van der Waals surface area contributed by atoms with Crippen molar-refractivity contribution < 1.29 is 116 Å². The molecule has 0 saturated carbocycles. The van der Waals surface area contributed by atoms with Crippen LogP contribution in [0.15, 0.2) is 0 Å². The van der Waals surface area contributed by atoms with Gasteiger partial charge in [0.15, 0.2) is 0 Å². The molecule has 0 aliphatic carbocycles. The second kappa shape index (κ2) is 57.1. The van der Waals surface area contributed by atoms with E-state index >= 15 is 0 Å². The Labute approximate surface area is 646 Å². The van der Waals surface area contributed by atoms with Crippen molar-refractivity contribution in [1.29, 1.82) is 0 Å². The third kappa shape index (κ3) is 43.7. The van der Waals surface area contributed by atoms with E-state index in [1.807, 2.05) is 0 Å². The Hall–Kier alpha value is -5.04. The topological polar surface area (TPSA) is 367 Å². The number of methoxy groups -OCH3 is 8. The third-order valence-electron chi connectivity index (χ3n) is 20.4. The van der Waals surface area contributed by atoms with Crippen LogP contribution in [0.25, 0.3) is 0 Å². The van der Waals surface area contributed by atoms with Crippen molar-refractivity contribution in [2.75, 3.05) is 345 Å². The zero-order chi connectivity index (χ0) is 79.6. The van der Waals surface area contributed by atoms with E-state index in [0.29, 0.717) is 183 Å². The summed E-state index contributed by atoms with van der Waals surface area (Å²) >= 11 is 0. The molecule has 632 valence electrons. The Morgan fingerprint density at radius 2 is 0.404 bits per heavy atom. The molecule has 4 atom stereocenters. The lowest BCUT2D eigenvalue weighted by Gasteiger charge is -2.38. The SMILES string of the molecule is COC(=O)CCN(CCC(=O)OC)CCN1CCN(CC(O)COCC(COCC(O)CN2CCN(CCN(CCC(=O)OC)CCC(=O)OC)CC2)(COCC(O)CN2CCN(CCN(CCC(=O)OC)CCC(=O)OC)CC2)COCC(O)CN2CCN(CCN(CCC(=O)OC)CCC(=O)OC)CC2)CC1. The molecule has 109 heavy (non-hydrogen) atoms. The van der Waals surface area contributed by atoms with E-state index in [-0.39, 0.29) is 152 Å². The number of carbonyl (C=O) groups is 8. The number of esters is 8. The third-order valence-corrected chi connectivity index (χ3v) is 20.4. The van der Waals surface area contributed by atoms with Gasteiger partial charge < -0.3 is 96.9 Å². The summed E-state index contributed by atoms with van der Waals surface area (Å²) < 4.78 is 64.7. The summed E-state index contributed by atoms with van der Waals surface area (Å²) in [6, 6.07) is 0. The number of hydrogen-bond donors (Lipinski definition) is 4. The van der Waals surface area contributed by atoms with Gasteiger partial charge in [0.1, 0.15) is 0 Å². The second-order valence-corrected chi connectivity index (χ2v) is 28.7. The molecule has 36 heteroatoms. The zero-order valence-corrected chi connectivity index (χ0v) is 66.9. The minimum absolute atomic E-state index is 0.0249. The zero-order valence-electron chi connectivity index (χ0n) is 66.9. The van der Waals surface area contributed by atoms with E-state index < -0.39 is 29.8 Å². The molecule has 0 aromatic heterocycles. The van der Waals surface area contributed by atoms with Crippen LogP contribution in [-0.4, -0.2) is 497 Å². The lowest BCUT2D eigenvalue weighted by atomic mass is 9.92. The van der Waals surface area contributed by atoms with Gasteiger partial charge in [0.05, 0.1) is 191 Å². The van der Waals surface area contributed by atoms with E-state index in [4.69, 9.17) is 56.8 Å². The molecule has 4 N–H and O–H groups in total. The van der Waals surface area contributed by atoms with Crippen LogP contribution in [0.1, 0.15) is 51.4 Å². The van der Waals surface area contributed by atoms with Crippen molar-refractivity contribution in [3.05, 3.63) is 0 Å². The highest BCUT2D eigenvalue weighted by Gasteiger charge is 2.36. The highest BCUT2D eigenvalue weighted by Crippen LogP contribution is 2.23. The van der Waals surface area contributed by atoms with Gasteiger partial charge in [-0.15, -0.1) is 0 Å². The minimum Gasteiger partial charge on any atom is -0.469 e. The van der Waals surface area contributed by atoms with E-state index in [2.05, 4.69) is 58.8 Å². The van der Waals surface area contributed by atoms with Gasteiger partial charge in [0, 0.05) is 236 Å². The molecule has 0 aromatic carbocycles. The summed E-state index contributed by atoms with van der Waals surface area (Å²) in [6.07, 6.45) is -1.97. The predicted molar refractivity (Wildman–Crippen MR) is 400 cm³/mol. The molecule has 4 saturated heterocycles. The first-order valence-electron chi connectivity index (χ1n) is 38.8. The lowest BCUT2D eigenvalue weighted by Crippen LogP contribution is -2.51. The standard InChI is InChI=1S/C73H136N12O24/c1-98-65(90)9-17-74(18-10-66(91)99-2)25-29-78-33-41-82(42-34-78)49-61(86)53-106-57-73(58-107-54-62(87)50-83-43-35-79(36-44-83)30-26-75(19-11-67(92)100-3)20-12-68(93)101-4,59-108-55-63(88)51-84-45-37-80(38-46-84)31-27-76(21-13-69(94)102-5)22-14-70(95)103-6)60-109-56-64(89)52-85-47-39-81(40-48-85)32-28-77(23-15-71(96)104-7)24-16-72(97)105-8/h61-64,86-89H,9-60H2,1-8H3. The van der Waals surface area contributed by atoms with Crippen LogP contribution in [0, 0.1) is 5.41 Å². The van der Waals surface area contributed by atoms with Gasteiger partial charge >= 0.3 is 47.8 Å². The molecule has 0 aromatic rings. The number of hydrogen-bond acceptors (Lipinski definition) is 36. The highest BCUT2D eigenvalue weighted by atomic mass is 16.6. The van der Waals surface area contributed by atoms with Gasteiger partial charge in [-0.3, -0.25) is 77.6 Å². The number of β-amino-alcohol motifs (C(OH)–C–C–N with tert-alkyl or cyclic N) is 4. The maximum atomic E-state index is 12.0. The van der Waals surface area contributed by atoms with Crippen LogP contribution in [0.3, 0.4) is 0 Å². The fourth-order valence-electron chi connectivity index (χ4n) is 13.4. The monoisotopic (exact) mass is 1560 g/mol. The largest absolute Gasteiger partial charge is 0.469 e. The van der Waals surface area contributed by atoms with Crippen LogP contribution < -0.4 is 0 Å². The molecule has 4 aliphatic rings. The van der Waals surface area contributed by atoms with Crippen molar-refractivity contribution in [1.82, 2.24) is 58.8 Å². The lowest BCUT2D eigenvalue weighted by molar-refractivity contribution is -0.142. The molecule has 4 fully saturated rings. The Morgan fingerprint density at radius 3 is 0.550 bits per heavy atom. The van der Waals surface area contributed by atoms with Gasteiger partial charge in [-0.2, -0.15) is 0 Å². The Bertz CT molecular complexity index is 2100. The molecular weight excluding hydrogens is 1430 g/mol. The van der Waals surface area contributed by atoms with E-state index in [0.717, 1.165) is 52.4 Å². The first kappa shape index (κ1) is 96.3. The molecule has 0 radical (unpaired) electrons. The molecule has 4 heterocycles. The van der Waals surface area contributed by atoms with Crippen LogP contribution in [0.4, 0.5) is 0 Å². The summed E-state index contributed by atoms with van der Waals surface area (Å²) in [5.41, 5.74) is -1.08. The first-order valence-corrected chi connectivity index (χ1v) is 38.8. The Balaban J connectivity index is 1.46. The van der Waals surface area contributed by atoms with Crippen molar-refractivity contribution in [3.63, 3.8) is 0 Å².